The third-order valence-corrected chi connectivity index (χ3v) is 4.73. The Morgan fingerprint density at radius 2 is 2.00 bits per heavy atom. The fourth-order valence-electron chi connectivity index (χ4n) is 2.12. The Kier molecular flexibility index (Phi) is 6.21. The van der Waals surface area contributed by atoms with Crippen molar-refractivity contribution in [3.63, 3.8) is 0 Å². The molecule has 0 bridgehead atoms. The van der Waals surface area contributed by atoms with Crippen LogP contribution < -0.4 is 11.1 Å². The molecule has 1 heterocycles. The average Bonchev–Trinajstić information content (AvgIpc) is 2.47. The third-order valence-electron chi connectivity index (χ3n) is 3.26. The number of nitrogens with two attached hydrogens (primary N) is 1. The van der Waals surface area contributed by atoms with Gasteiger partial charge in [0.15, 0.2) is 0 Å². The molecule has 3 N–H and O–H groups in total. The van der Waals surface area contributed by atoms with E-state index in [1.165, 1.54) is 0 Å². The number of hydrogen-bond acceptors (Lipinski definition) is 4. The summed E-state index contributed by atoms with van der Waals surface area (Å²) in [6, 6.07) is 7.22. The molecule has 0 aliphatic carbocycles. The SMILES string of the molecule is Nc1ccc(NC(=O)CCCSC2CCOCC2)cc1. The Bertz CT molecular complexity index is 416. The van der Waals surface area contributed by atoms with Crippen molar-refractivity contribution in [2.75, 3.05) is 30.0 Å². The van der Waals surface area contributed by atoms with Gasteiger partial charge in [-0.15, -0.1) is 0 Å². The van der Waals surface area contributed by atoms with Crippen LogP contribution in [0.3, 0.4) is 0 Å². The summed E-state index contributed by atoms with van der Waals surface area (Å²) in [4.78, 5) is 11.8. The molecule has 1 aliphatic rings. The standard InChI is InChI=1S/C15H22N2O2S/c16-12-3-5-13(6-4-12)17-15(18)2-1-11-20-14-7-9-19-10-8-14/h3-6,14H,1-2,7-11,16H2,(H,17,18). The molecule has 1 fully saturated rings. The van der Waals surface area contributed by atoms with Crippen LogP contribution in [0.4, 0.5) is 11.4 Å². The van der Waals surface area contributed by atoms with Gasteiger partial charge < -0.3 is 15.8 Å². The van der Waals surface area contributed by atoms with Gasteiger partial charge in [-0.3, -0.25) is 4.79 Å². The second kappa shape index (κ2) is 8.17. The van der Waals surface area contributed by atoms with Crippen molar-refractivity contribution in [1.82, 2.24) is 0 Å². The Labute approximate surface area is 124 Å². The lowest BCUT2D eigenvalue weighted by Gasteiger charge is -2.21. The summed E-state index contributed by atoms with van der Waals surface area (Å²) < 4.78 is 5.33. The number of hydrogen-bond donors (Lipinski definition) is 2. The molecule has 2 rings (SSSR count). The summed E-state index contributed by atoms with van der Waals surface area (Å²) in [5.74, 6) is 1.11. The summed E-state index contributed by atoms with van der Waals surface area (Å²) in [7, 11) is 0. The van der Waals surface area contributed by atoms with Gasteiger partial charge in [0.1, 0.15) is 0 Å². The minimum Gasteiger partial charge on any atom is -0.399 e. The lowest BCUT2D eigenvalue weighted by molar-refractivity contribution is -0.116. The molecule has 0 unspecified atom stereocenters. The third kappa shape index (κ3) is 5.43. The zero-order chi connectivity index (χ0) is 14.2. The van der Waals surface area contributed by atoms with Gasteiger partial charge in [0.05, 0.1) is 0 Å². The van der Waals surface area contributed by atoms with Crippen LogP contribution in [0, 0.1) is 0 Å². The predicted octanol–water partition coefficient (Wildman–Crippen LogP) is 2.90. The van der Waals surface area contributed by atoms with E-state index < -0.39 is 0 Å². The average molecular weight is 294 g/mol. The van der Waals surface area contributed by atoms with Crippen LogP contribution in [0.15, 0.2) is 24.3 Å². The Morgan fingerprint density at radius 3 is 2.70 bits per heavy atom. The van der Waals surface area contributed by atoms with Gasteiger partial charge in [0.2, 0.25) is 5.91 Å². The normalized spacial score (nSPS) is 16.0. The van der Waals surface area contributed by atoms with E-state index in [-0.39, 0.29) is 5.91 Å². The number of carbonyl (C=O) groups excluding carboxylic acids is 1. The number of benzene rings is 1. The number of carbonyl (C=O) groups is 1. The van der Waals surface area contributed by atoms with Crippen molar-refractivity contribution in [3.05, 3.63) is 24.3 Å². The molecule has 1 aliphatic heterocycles. The quantitative estimate of drug-likeness (QED) is 0.625. The van der Waals surface area contributed by atoms with E-state index in [1.54, 1.807) is 12.1 Å². The summed E-state index contributed by atoms with van der Waals surface area (Å²) in [6.45, 7) is 1.77. The van der Waals surface area contributed by atoms with Gasteiger partial charge in [-0.05, 0) is 49.3 Å². The first-order chi connectivity index (χ1) is 9.74. The van der Waals surface area contributed by atoms with Crippen LogP contribution in [-0.2, 0) is 9.53 Å². The van der Waals surface area contributed by atoms with Gasteiger partial charge in [-0.25, -0.2) is 0 Å². The number of anilines is 2. The summed E-state index contributed by atoms with van der Waals surface area (Å²) in [5, 5.41) is 3.60. The minimum absolute atomic E-state index is 0.0716. The first-order valence-electron chi connectivity index (χ1n) is 7.09. The van der Waals surface area contributed by atoms with Crippen LogP contribution in [0.2, 0.25) is 0 Å². The molecular weight excluding hydrogens is 272 g/mol. The molecule has 0 spiro atoms. The Balaban J connectivity index is 1.59. The first kappa shape index (κ1) is 15.2. The molecule has 20 heavy (non-hydrogen) atoms. The van der Waals surface area contributed by atoms with Gasteiger partial charge in [-0.2, -0.15) is 11.8 Å². The molecule has 110 valence electrons. The highest BCUT2D eigenvalue weighted by atomic mass is 32.2. The highest BCUT2D eigenvalue weighted by Crippen LogP contribution is 2.23. The second-order valence-corrected chi connectivity index (χ2v) is 6.36. The van der Waals surface area contributed by atoms with Crippen molar-refractivity contribution < 1.29 is 9.53 Å². The van der Waals surface area contributed by atoms with Crippen LogP contribution in [-0.4, -0.2) is 30.1 Å². The number of nitrogens with one attached hydrogen (secondary N) is 1. The Morgan fingerprint density at radius 1 is 1.30 bits per heavy atom. The highest BCUT2D eigenvalue weighted by Gasteiger charge is 2.13. The summed E-state index contributed by atoms with van der Waals surface area (Å²) in [5.41, 5.74) is 7.11. The van der Waals surface area contributed by atoms with E-state index >= 15 is 0 Å². The van der Waals surface area contributed by atoms with E-state index in [4.69, 9.17) is 10.5 Å². The van der Waals surface area contributed by atoms with E-state index in [9.17, 15) is 4.79 Å². The minimum atomic E-state index is 0.0716. The molecule has 0 aromatic heterocycles. The molecule has 1 amide bonds. The number of amides is 1. The van der Waals surface area contributed by atoms with Crippen molar-refractivity contribution in [1.29, 1.82) is 0 Å². The molecule has 1 saturated heterocycles. The van der Waals surface area contributed by atoms with E-state index in [0.717, 1.165) is 43.9 Å². The van der Waals surface area contributed by atoms with Gasteiger partial charge in [-0.1, -0.05) is 0 Å². The van der Waals surface area contributed by atoms with E-state index in [2.05, 4.69) is 5.32 Å². The maximum absolute atomic E-state index is 11.8. The fourth-order valence-corrected chi connectivity index (χ4v) is 3.29. The lowest BCUT2D eigenvalue weighted by atomic mass is 10.2. The number of ether oxygens (including phenoxy) is 1. The Hall–Kier alpha value is -1.20. The van der Waals surface area contributed by atoms with Gasteiger partial charge in [0, 0.05) is 36.3 Å². The van der Waals surface area contributed by atoms with Crippen LogP contribution in [0.5, 0.6) is 0 Å². The first-order valence-corrected chi connectivity index (χ1v) is 8.13. The molecule has 0 radical (unpaired) electrons. The molecule has 0 saturated carbocycles. The summed E-state index contributed by atoms with van der Waals surface area (Å²) in [6.07, 6.45) is 3.77. The molecule has 5 heteroatoms. The topological polar surface area (TPSA) is 64.3 Å². The van der Waals surface area contributed by atoms with Crippen LogP contribution in [0.25, 0.3) is 0 Å². The van der Waals surface area contributed by atoms with Crippen molar-refractivity contribution >= 4 is 29.0 Å². The second-order valence-electron chi connectivity index (χ2n) is 4.96. The van der Waals surface area contributed by atoms with E-state index in [0.29, 0.717) is 17.4 Å². The highest BCUT2D eigenvalue weighted by molar-refractivity contribution is 7.99. The number of thioether (sulfide) groups is 1. The molecule has 1 aromatic rings. The van der Waals surface area contributed by atoms with E-state index in [1.807, 2.05) is 23.9 Å². The van der Waals surface area contributed by atoms with Gasteiger partial charge in [0.25, 0.3) is 0 Å². The molecular formula is C15H22N2O2S. The zero-order valence-corrected chi connectivity index (χ0v) is 12.5. The van der Waals surface area contributed by atoms with Crippen molar-refractivity contribution in [2.45, 2.75) is 30.9 Å². The van der Waals surface area contributed by atoms with Crippen LogP contribution >= 0.6 is 11.8 Å². The molecule has 4 nitrogen and oxygen atoms in total. The smallest absolute Gasteiger partial charge is 0.224 e. The maximum atomic E-state index is 11.8. The predicted molar refractivity (Wildman–Crippen MR) is 85.0 cm³/mol. The van der Waals surface area contributed by atoms with Crippen molar-refractivity contribution in [2.24, 2.45) is 0 Å². The maximum Gasteiger partial charge on any atom is 0.224 e. The van der Waals surface area contributed by atoms with Gasteiger partial charge >= 0.3 is 0 Å². The van der Waals surface area contributed by atoms with Crippen molar-refractivity contribution in [3.8, 4) is 0 Å². The summed E-state index contributed by atoms with van der Waals surface area (Å²) >= 11 is 1.97. The largest absolute Gasteiger partial charge is 0.399 e. The molecule has 0 atom stereocenters. The van der Waals surface area contributed by atoms with Crippen LogP contribution in [0.1, 0.15) is 25.7 Å². The zero-order valence-electron chi connectivity index (χ0n) is 11.6. The number of nitrogen functional groups attached to an aromatic ring is 1. The number of rotatable bonds is 6. The lowest BCUT2D eigenvalue weighted by Crippen LogP contribution is -2.18. The fraction of sp³-hybridized carbons (Fsp3) is 0.533. The molecule has 1 aromatic carbocycles. The monoisotopic (exact) mass is 294 g/mol.